The number of hydrogen-bond donors (Lipinski definition) is 1. The van der Waals surface area contributed by atoms with Crippen LogP contribution in [0.3, 0.4) is 0 Å². The normalized spacial score (nSPS) is 21.4. The number of aromatic nitrogens is 1. The fraction of sp³-hybridized carbons (Fsp3) is 0.636. The zero-order valence-electron chi connectivity index (χ0n) is 10.1. The van der Waals surface area contributed by atoms with E-state index in [0.29, 0.717) is 6.54 Å². The molecule has 1 saturated heterocycles. The van der Waals surface area contributed by atoms with E-state index in [4.69, 9.17) is 4.52 Å². The average Bonchev–Trinajstić information content (AvgIpc) is 2.69. The van der Waals surface area contributed by atoms with E-state index in [-0.39, 0.29) is 5.54 Å². The second-order valence-corrected chi connectivity index (χ2v) is 5.69. The summed E-state index contributed by atoms with van der Waals surface area (Å²) in [5, 5.41) is 8.33. The van der Waals surface area contributed by atoms with Crippen molar-refractivity contribution in [1.29, 1.82) is 0 Å². The number of aliphatic imine (C=N–C) groups is 1. The molecule has 0 amide bonds. The number of nitrogens with zero attached hydrogens (tertiary/aromatic N) is 2. The fourth-order valence-corrected chi connectivity index (χ4v) is 2.65. The summed E-state index contributed by atoms with van der Waals surface area (Å²) in [6, 6.07) is 0. The molecule has 0 unspecified atom stereocenters. The van der Waals surface area contributed by atoms with Gasteiger partial charge in [0.15, 0.2) is 5.17 Å². The van der Waals surface area contributed by atoms with Crippen molar-refractivity contribution in [2.45, 2.75) is 39.8 Å². The van der Waals surface area contributed by atoms with Gasteiger partial charge in [-0.05, 0) is 27.7 Å². The summed E-state index contributed by atoms with van der Waals surface area (Å²) < 4.78 is 5.10. The van der Waals surface area contributed by atoms with Gasteiger partial charge in [0.05, 0.1) is 12.2 Å². The van der Waals surface area contributed by atoms with Gasteiger partial charge in [0.2, 0.25) is 0 Å². The topological polar surface area (TPSA) is 50.4 Å². The summed E-state index contributed by atoms with van der Waals surface area (Å²) in [5.41, 5.74) is 2.19. The first-order valence-corrected chi connectivity index (χ1v) is 6.34. The molecular weight excluding hydrogens is 222 g/mol. The predicted molar refractivity (Wildman–Crippen MR) is 66.8 cm³/mol. The quantitative estimate of drug-likeness (QED) is 0.860. The molecule has 1 aromatic rings. The number of aryl methyl sites for hydroxylation is 2. The van der Waals surface area contributed by atoms with Crippen molar-refractivity contribution in [2.24, 2.45) is 4.99 Å². The Morgan fingerprint density at radius 3 is 2.75 bits per heavy atom. The Balaban J connectivity index is 2.05. The van der Waals surface area contributed by atoms with Crippen molar-refractivity contribution in [1.82, 2.24) is 10.5 Å². The standard InChI is InChI=1S/C11H17N3OS/c1-7-9(8(2)15-14-7)5-12-10-13-11(3,4)6-16-10/h5-6H2,1-4H3,(H,12,13). The molecule has 88 valence electrons. The second kappa shape index (κ2) is 4.13. The molecule has 0 bridgehead atoms. The Hall–Kier alpha value is -0.970. The largest absolute Gasteiger partial charge is 0.361 e. The van der Waals surface area contributed by atoms with Crippen LogP contribution in [0.25, 0.3) is 0 Å². The van der Waals surface area contributed by atoms with Crippen LogP contribution in [0.1, 0.15) is 30.9 Å². The molecule has 0 spiro atoms. The number of rotatable bonds is 2. The molecule has 4 nitrogen and oxygen atoms in total. The molecule has 5 heteroatoms. The monoisotopic (exact) mass is 239 g/mol. The smallest absolute Gasteiger partial charge is 0.157 e. The highest BCUT2D eigenvalue weighted by molar-refractivity contribution is 8.14. The van der Waals surface area contributed by atoms with Crippen molar-refractivity contribution >= 4 is 16.9 Å². The highest BCUT2D eigenvalue weighted by Gasteiger charge is 2.27. The molecule has 1 aliphatic rings. The minimum absolute atomic E-state index is 0.155. The molecule has 1 N–H and O–H groups in total. The number of thioether (sulfide) groups is 1. The molecule has 0 aromatic carbocycles. The van der Waals surface area contributed by atoms with E-state index in [1.807, 2.05) is 13.8 Å². The van der Waals surface area contributed by atoms with Crippen LogP contribution < -0.4 is 5.32 Å². The maximum absolute atomic E-state index is 5.10. The Labute approximate surface area is 99.9 Å². The Kier molecular flexibility index (Phi) is 2.97. The van der Waals surface area contributed by atoms with Gasteiger partial charge in [-0.3, -0.25) is 4.99 Å². The number of amidine groups is 1. The molecule has 0 aliphatic carbocycles. The molecule has 0 atom stereocenters. The first-order valence-electron chi connectivity index (χ1n) is 5.35. The van der Waals surface area contributed by atoms with Crippen LogP contribution >= 0.6 is 11.8 Å². The van der Waals surface area contributed by atoms with Crippen LogP contribution in [-0.2, 0) is 6.54 Å². The fourth-order valence-electron chi connectivity index (χ4n) is 1.57. The van der Waals surface area contributed by atoms with E-state index in [1.165, 1.54) is 0 Å². The van der Waals surface area contributed by atoms with Gasteiger partial charge in [-0.2, -0.15) is 0 Å². The predicted octanol–water partition coefficient (Wildman–Crippen LogP) is 2.26. The zero-order chi connectivity index (χ0) is 11.8. The third kappa shape index (κ3) is 2.40. The van der Waals surface area contributed by atoms with E-state index in [1.54, 1.807) is 11.8 Å². The van der Waals surface area contributed by atoms with Gasteiger partial charge in [-0.1, -0.05) is 16.9 Å². The summed E-state index contributed by atoms with van der Waals surface area (Å²) in [4.78, 5) is 4.55. The molecular formula is C11H17N3OS. The lowest BCUT2D eigenvalue weighted by atomic mass is 10.1. The number of nitrogens with one attached hydrogen (secondary N) is 1. The summed E-state index contributed by atoms with van der Waals surface area (Å²) in [7, 11) is 0. The highest BCUT2D eigenvalue weighted by atomic mass is 32.2. The molecule has 0 saturated carbocycles. The maximum Gasteiger partial charge on any atom is 0.157 e. The van der Waals surface area contributed by atoms with Crippen LogP contribution in [0.5, 0.6) is 0 Å². The van der Waals surface area contributed by atoms with Crippen molar-refractivity contribution in [3.63, 3.8) is 0 Å². The van der Waals surface area contributed by atoms with Crippen molar-refractivity contribution in [3.8, 4) is 0 Å². The van der Waals surface area contributed by atoms with Crippen LogP contribution in [0.2, 0.25) is 0 Å². The van der Waals surface area contributed by atoms with E-state index in [0.717, 1.165) is 27.9 Å². The Morgan fingerprint density at radius 1 is 1.50 bits per heavy atom. The molecule has 2 rings (SSSR count). The van der Waals surface area contributed by atoms with Gasteiger partial charge in [-0.15, -0.1) is 0 Å². The minimum Gasteiger partial charge on any atom is -0.361 e. The minimum atomic E-state index is 0.155. The molecule has 1 aromatic heterocycles. The van der Waals surface area contributed by atoms with E-state index >= 15 is 0 Å². The van der Waals surface area contributed by atoms with E-state index in [9.17, 15) is 0 Å². The zero-order valence-corrected chi connectivity index (χ0v) is 10.9. The molecule has 2 heterocycles. The van der Waals surface area contributed by atoms with Gasteiger partial charge in [-0.25, -0.2) is 0 Å². The molecule has 1 aliphatic heterocycles. The van der Waals surface area contributed by atoms with E-state index < -0.39 is 0 Å². The summed E-state index contributed by atoms with van der Waals surface area (Å²) in [6.45, 7) is 8.88. The van der Waals surface area contributed by atoms with Gasteiger partial charge < -0.3 is 9.84 Å². The van der Waals surface area contributed by atoms with Crippen molar-refractivity contribution in [3.05, 3.63) is 17.0 Å². The Morgan fingerprint density at radius 2 is 2.25 bits per heavy atom. The lowest BCUT2D eigenvalue weighted by Gasteiger charge is -2.15. The second-order valence-electron chi connectivity index (χ2n) is 4.72. The SMILES string of the molecule is Cc1noc(C)c1CN=C1NC(C)(C)CS1. The third-order valence-electron chi connectivity index (χ3n) is 2.58. The maximum atomic E-state index is 5.10. The first kappa shape index (κ1) is 11.5. The van der Waals surface area contributed by atoms with Crippen LogP contribution in [-0.4, -0.2) is 21.6 Å². The van der Waals surface area contributed by atoms with Gasteiger partial charge in [0.25, 0.3) is 0 Å². The summed E-state index contributed by atoms with van der Waals surface area (Å²) in [5.74, 6) is 1.93. The third-order valence-corrected chi connectivity index (χ3v) is 3.95. The lowest BCUT2D eigenvalue weighted by molar-refractivity contribution is 0.392. The van der Waals surface area contributed by atoms with Gasteiger partial charge >= 0.3 is 0 Å². The van der Waals surface area contributed by atoms with Gasteiger partial charge in [0.1, 0.15) is 5.76 Å². The highest BCUT2D eigenvalue weighted by Crippen LogP contribution is 2.23. The van der Waals surface area contributed by atoms with Crippen LogP contribution in [0.15, 0.2) is 9.52 Å². The van der Waals surface area contributed by atoms with Crippen molar-refractivity contribution < 1.29 is 4.52 Å². The van der Waals surface area contributed by atoms with Crippen molar-refractivity contribution in [2.75, 3.05) is 5.75 Å². The summed E-state index contributed by atoms with van der Waals surface area (Å²) >= 11 is 1.77. The van der Waals surface area contributed by atoms with Crippen LogP contribution in [0.4, 0.5) is 0 Å². The molecule has 0 radical (unpaired) electrons. The lowest BCUT2D eigenvalue weighted by Crippen LogP contribution is -2.36. The van der Waals surface area contributed by atoms with Crippen LogP contribution in [0, 0.1) is 13.8 Å². The summed E-state index contributed by atoms with van der Waals surface area (Å²) in [6.07, 6.45) is 0. The first-order chi connectivity index (χ1) is 7.48. The van der Waals surface area contributed by atoms with Gasteiger partial charge in [0, 0.05) is 16.9 Å². The Bertz CT molecular complexity index is 403. The average molecular weight is 239 g/mol. The number of hydrogen-bond acceptors (Lipinski definition) is 4. The van der Waals surface area contributed by atoms with E-state index in [2.05, 4.69) is 29.3 Å². The molecule has 16 heavy (non-hydrogen) atoms. The molecule has 1 fully saturated rings.